The Kier molecular flexibility index (Phi) is 3.75. The van der Waals surface area contributed by atoms with Gasteiger partial charge in [-0.05, 0) is 54.5 Å². The average Bonchev–Trinajstić information content (AvgIpc) is 3.28. The summed E-state index contributed by atoms with van der Waals surface area (Å²) >= 11 is 1.48. The van der Waals surface area contributed by atoms with Gasteiger partial charge in [-0.1, -0.05) is 0 Å². The molecule has 0 unspecified atom stereocenters. The average molecular weight is 379 g/mol. The second-order valence-corrected chi connectivity index (χ2v) is 7.53. The zero-order chi connectivity index (χ0) is 18.4. The van der Waals surface area contributed by atoms with Crippen LogP contribution in [0.15, 0.2) is 40.5 Å². The Morgan fingerprint density at radius 1 is 1.26 bits per heavy atom. The van der Waals surface area contributed by atoms with Gasteiger partial charge in [0.2, 0.25) is 0 Å². The van der Waals surface area contributed by atoms with Crippen molar-refractivity contribution in [2.24, 2.45) is 0 Å². The molecule has 4 aromatic rings. The molecule has 3 aromatic heterocycles. The Balaban J connectivity index is 1.33. The van der Waals surface area contributed by atoms with E-state index in [-0.39, 0.29) is 5.56 Å². The summed E-state index contributed by atoms with van der Waals surface area (Å²) in [4.78, 5) is 17.5. The van der Waals surface area contributed by atoms with Crippen molar-refractivity contribution in [2.75, 3.05) is 5.32 Å². The van der Waals surface area contributed by atoms with E-state index in [0.717, 1.165) is 46.3 Å². The summed E-state index contributed by atoms with van der Waals surface area (Å²) in [6.45, 7) is 2.40. The molecular formula is C18H17N7OS. The van der Waals surface area contributed by atoms with Gasteiger partial charge in [-0.25, -0.2) is 9.67 Å². The first-order valence-corrected chi connectivity index (χ1v) is 9.66. The minimum atomic E-state index is -0.0437. The summed E-state index contributed by atoms with van der Waals surface area (Å²) in [6, 6.07) is 10.00. The molecule has 27 heavy (non-hydrogen) atoms. The number of tetrazole rings is 1. The molecule has 1 aromatic carbocycles. The quantitative estimate of drug-likeness (QED) is 0.573. The van der Waals surface area contributed by atoms with E-state index in [0.29, 0.717) is 12.6 Å². The number of aromatic nitrogens is 6. The molecule has 136 valence electrons. The SMILES string of the molecule is Cc1csc2nc(CNc3ccc(-c4nnnn4C4CC4)cc3)cc(=O)n12. The van der Waals surface area contributed by atoms with E-state index in [4.69, 9.17) is 0 Å². The van der Waals surface area contributed by atoms with Crippen LogP contribution in [0.5, 0.6) is 0 Å². The molecule has 8 nitrogen and oxygen atoms in total. The molecule has 1 aliphatic carbocycles. The van der Waals surface area contributed by atoms with Crippen molar-refractivity contribution < 1.29 is 0 Å². The molecule has 0 radical (unpaired) electrons. The van der Waals surface area contributed by atoms with Gasteiger partial charge in [0.1, 0.15) is 0 Å². The van der Waals surface area contributed by atoms with Gasteiger partial charge in [0, 0.05) is 28.4 Å². The van der Waals surface area contributed by atoms with Crippen LogP contribution in [-0.4, -0.2) is 29.6 Å². The minimum absolute atomic E-state index is 0.0437. The molecule has 0 saturated heterocycles. The first-order valence-electron chi connectivity index (χ1n) is 8.78. The number of rotatable bonds is 5. The number of hydrogen-bond donors (Lipinski definition) is 1. The Morgan fingerprint density at radius 3 is 2.85 bits per heavy atom. The lowest BCUT2D eigenvalue weighted by molar-refractivity contribution is 0.615. The maximum Gasteiger partial charge on any atom is 0.259 e. The highest BCUT2D eigenvalue weighted by molar-refractivity contribution is 7.15. The van der Waals surface area contributed by atoms with Gasteiger partial charge in [0.05, 0.1) is 18.3 Å². The fraction of sp³-hybridized carbons (Fsp3) is 0.278. The van der Waals surface area contributed by atoms with Gasteiger partial charge in [0.15, 0.2) is 10.8 Å². The van der Waals surface area contributed by atoms with Crippen LogP contribution in [0.25, 0.3) is 16.3 Å². The van der Waals surface area contributed by atoms with E-state index < -0.39 is 0 Å². The van der Waals surface area contributed by atoms with Crippen LogP contribution >= 0.6 is 11.3 Å². The molecule has 0 aliphatic heterocycles. The van der Waals surface area contributed by atoms with Crippen LogP contribution in [0.3, 0.4) is 0 Å². The van der Waals surface area contributed by atoms with Gasteiger partial charge in [-0.3, -0.25) is 9.20 Å². The second-order valence-electron chi connectivity index (χ2n) is 6.69. The Labute approximate surface area is 158 Å². The predicted octanol–water partition coefficient (Wildman–Crippen LogP) is 2.66. The Morgan fingerprint density at radius 2 is 2.07 bits per heavy atom. The number of fused-ring (bicyclic) bond motifs is 1. The fourth-order valence-corrected chi connectivity index (χ4v) is 3.96. The summed E-state index contributed by atoms with van der Waals surface area (Å²) in [5.74, 6) is 0.803. The zero-order valence-electron chi connectivity index (χ0n) is 14.7. The molecule has 1 N–H and O–H groups in total. The smallest absolute Gasteiger partial charge is 0.259 e. The molecule has 5 rings (SSSR count). The van der Waals surface area contributed by atoms with E-state index in [1.54, 1.807) is 10.5 Å². The van der Waals surface area contributed by atoms with Crippen LogP contribution in [0.2, 0.25) is 0 Å². The first-order chi connectivity index (χ1) is 13.2. The van der Waals surface area contributed by atoms with E-state index in [1.807, 2.05) is 41.3 Å². The maximum absolute atomic E-state index is 12.2. The Bertz CT molecular complexity index is 1170. The van der Waals surface area contributed by atoms with E-state index >= 15 is 0 Å². The predicted molar refractivity (Wildman–Crippen MR) is 103 cm³/mol. The van der Waals surface area contributed by atoms with Gasteiger partial charge < -0.3 is 5.32 Å². The molecule has 3 heterocycles. The topological polar surface area (TPSA) is 90.0 Å². The molecule has 9 heteroatoms. The normalized spacial score (nSPS) is 14.0. The standard InChI is InChI=1S/C18H17N7OS/c1-11-10-27-18-20-14(8-16(26)24(11)18)9-19-13-4-2-12(3-5-13)17-21-22-23-25(17)15-6-7-15/h2-5,8,10,15,19H,6-7,9H2,1H3. The highest BCUT2D eigenvalue weighted by atomic mass is 32.1. The van der Waals surface area contributed by atoms with Gasteiger partial charge in [0.25, 0.3) is 5.56 Å². The number of anilines is 1. The third kappa shape index (κ3) is 2.99. The van der Waals surface area contributed by atoms with Gasteiger partial charge >= 0.3 is 0 Å². The summed E-state index contributed by atoms with van der Waals surface area (Å²) in [6.07, 6.45) is 2.28. The van der Waals surface area contributed by atoms with Crippen molar-refractivity contribution in [1.82, 2.24) is 29.6 Å². The molecule has 0 spiro atoms. The largest absolute Gasteiger partial charge is 0.379 e. The molecule has 0 bridgehead atoms. The number of nitrogens with zero attached hydrogens (tertiary/aromatic N) is 6. The highest BCUT2D eigenvalue weighted by Gasteiger charge is 2.28. The summed E-state index contributed by atoms with van der Waals surface area (Å²) in [5.41, 5.74) is 3.54. The number of benzene rings is 1. The second kappa shape index (κ2) is 6.27. The molecule has 1 fully saturated rings. The molecule has 1 saturated carbocycles. The van der Waals surface area contributed by atoms with Crippen molar-refractivity contribution in [2.45, 2.75) is 32.4 Å². The number of aryl methyl sites for hydroxylation is 1. The molecule has 1 aliphatic rings. The van der Waals surface area contributed by atoms with E-state index in [1.165, 1.54) is 11.3 Å². The van der Waals surface area contributed by atoms with Crippen LogP contribution in [0.4, 0.5) is 5.69 Å². The third-order valence-electron chi connectivity index (χ3n) is 4.63. The van der Waals surface area contributed by atoms with Crippen LogP contribution < -0.4 is 10.9 Å². The van der Waals surface area contributed by atoms with E-state index in [9.17, 15) is 4.79 Å². The van der Waals surface area contributed by atoms with Gasteiger partial charge in [-0.15, -0.1) is 16.4 Å². The number of thiazole rings is 1. The minimum Gasteiger partial charge on any atom is -0.379 e. The molecular weight excluding hydrogens is 362 g/mol. The lowest BCUT2D eigenvalue weighted by Gasteiger charge is -2.08. The fourth-order valence-electron chi connectivity index (χ4n) is 3.07. The monoisotopic (exact) mass is 379 g/mol. The number of nitrogens with one attached hydrogen (secondary N) is 1. The highest BCUT2D eigenvalue weighted by Crippen LogP contribution is 2.36. The first kappa shape index (κ1) is 16.1. The third-order valence-corrected chi connectivity index (χ3v) is 5.57. The molecule has 0 amide bonds. The van der Waals surface area contributed by atoms with Gasteiger partial charge in [-0.2, -0.15) is 0 Å². The maximum atomic E-state index is 12.2. The van der Waals surface area contributed by atoms with Crippen molar-refractivity contribution in [3.05, 3.63) is 57.5 Å². The van der Waals surface area contributed by atoms with Crippen molar-refractivity contribution in [3.8, 4) is 11.4 Å². The van der Waals surface area contributed by atoms with Crippen molar-refractivity contribution in [1.29, 1.82) is 0 Å². The number of hydrogen-bond acceptors (Lipinski definition) is 7. The van der Waals surface area contributed by atoms with E-state index in [2.05, 4.69) is 25.8 Å². The lowest BCUT2D eigenvalue weighted by atomic mass is 10.2. The Hall–Kier alpha value is -3.07. The molecule has 0 atom stereocenters. The zero-order valence-corrected chi connectivity index (χ0v) is 15.5. The van der Waals surface area contributed by atoms with Crippen LogP contribution in [0, 0.1) is 6.92 Å². The summed E-state index contributed by atoms with van der Waals surface area (Å²) in [7, 11) is 0. The van der Waals surface area contributed by atoms with Crippen molar-refractivity contribution >= 4 is 22.0 Å². The summed E-state index contributed by atoms with van der Waals surface area (Å²) in [5, 5.41) is 17.3. The van der Waals surface area contributed by atoms with Crippen LogP contribution in [-0.2, 0) is 6.54 Å². The lowest BCUT2D eigenvalue weighted by Crippen LogP contribution is -2.16. The van der Waals surface area contributed by atoms with Crippen molar-refractivity contribution in [3.63, 3.8) is 0 Å². The van der Waals surface area contributed by atoms with Crippen LogP contribution in [0.1, 0.15) is 30.3 Å². The summed E-state index contributed by atoms with van der Waals surface area (Å²) < 4.78 is 3.53.